The third kappa shape index (κ3) is 2.18. The minimum atomic E-state index is 1.07. The van der Waals surface area contributed by atoms with E-state index in [2.05, 4.69) is 15.1 Å². The molecular weight excluding hydrogens is 182 g/mol. The Morgan fingerprint density at radius 2 is 1.77 bits per heavy atom. The van der Waals surface area contributed by atoms with Crippen LogP contribution in [0.4, 0.5) is 5.13 Å². The summed E-state index contributed by atoms with van der Waals surface area (Å²) in [5.74, 6) is 0. The summed E-state index contributed by atoms with van der Waals surface area (Å²) in [5.41, 5.74) is 0. The van der Waals surface area contributed by atoms with Crippen LogP contribution in [-0.4, -0.2) is 23.3 Å². The van der Waals surface area contributed by atoms with Crippen LogP contribution in [0.5, 0.6) is 0 Å². The normalized spacial score (nSPS) is 18.7. The van der Waals surface area contributed by atoms with Crippen LogP contribution < -0.4 is 4.90 Å². The van der Waals surface area contributed by atoms with Crippen LogP contribution in [0.1, 0.15) is 30.7 Å². The molecule has 13 heavy (non-hydrogen) atoms. The molecule has 3 nitrogen and oxygen atoms in total. The van der Waals surface area contributed by atoms with Crippen LogP contribution in [0.25, 0.3) is 0 Å². The highest BCUT2D eigenvalue weighted by Crippen LogP contribution is 2.22. The molecule has 0 radical (unpaired) electrons. The van der Waals surface area contributed by atoms with Crippen molar-refractivity contribution < 1.29 is 0 Å². The highest BCUT2D eigenvalue weighted by atomic mass is 32.1. The Morgan fingerprint density at radius 1 is 1.08 bits per heavy atom. The summed E-state index contributed by atoms with van der Waals surface area (Å²) >= 11 is 1.71. The van der Waals surface area contributed by atoms with E-state index in [0.29, 0.717) is 0 Å². The summed E-state index contributed by atoms with van der Waals surface area (Å²) in [6, 6.07) is 0. The fraction of sp³-hybridized carbons (Fsp3) is 0.778. The van der Waals surface area contributed by atoms with Crippen molar-refractivity contribution >= 4 is 16.5 Å². The summed E-state index contributed by atoms with van der Waals surface area (Å²) in [5, 5.41) is 10.4. The maximum absolute atomic E-state index is 4.18. The fourth-order valence-corrected chi connectivity index (χ4v) is 2.42. The molecule has 72 valence electrons. The molecule has 0 bridgehead atoms. The second kappa shape index (κ2) is 4.05. The smallest absolute Gasteiger partial charge is 0.208 e. The summed E-state index contributed by atoms with van der Waals surface area (Å²) in [6.07, 6.45) is 5.35. The second-order valence-corrected chi connectivity index (χ2v) is 4.67. The van der Waals surface area contributed by atoms with Gasteiger partial charge < -0.3 is 4.90 Å². The van der Waals surface area contributed by atoms with Gasteiger partial charge in [0.15, 0.2) is 0 Å². The van der Waals surface area contributed by atoms with Gasteiger partial charge in [-0.1, -0.05) is 24.2 Å². The van der Waals surface area contributed by atoms with Crippen LogP contribution in [0.3, 0.4) is 0 Å². The molecule has 1 aromatic rings. The monoisotopic (exact) mass is 197 g/mol. The predicted molar refractivity (Wildman–Crippen MR) is 55.3 cm³/mol. The molecule has 0 atom stereocenters. The Morgan fingerprint density at radius 3 is 2.31 bits per heavy atom. The maximum atomic E-state index is 4.18. The minimum absolute atomic E-state index is 1.07. The molecule has 0 unspecified atom stereocenters. The van der Waals surface area contributed by atoms with E-state index in [-0.39, 0.29) is 0 Å². The summed E-state index contributed by atoms with van der Waals surface area (Å²) < 4.78 is 0. The minimum Gasteiger partial charge on any atom is -0.347 e. The first-order valence-corrected chi connectivity index (χ1v) is 5.73. The van der Waals surface area contributed by atoms with Crippen molar-refractivity contribution in [3.05, 3.63) is 5.01 Å². The number of anilines is 1. The topological polar surface area (TPSA) is 29.0 Å². The molecule has 2 rings (SSSR count). The number of hydrogen-bond donors (Lipinski definition) is 0. The van der Waals surface area contributed by atoms with E-state index in [9.17, 15) is 0 Å². The lowest BCUT2D eigenvalue weighted by molar-refractivity contribution is 0.726. The van der Waals surface area contributed by atoms with Gasteiger partial charge in [-0.3, -0.25) is 0 Å². The zero-order chi connectivity index (χ0) is 9.10. The molecule has 1 aliphatic rings. The quantitative estimate of drug-likeness (QED) is 0.691. The van der Waals surface area contributed by atoms with E-state index in [0.717, 1.165) is 23.2 Å². The van der Waals surface area contributed by atoms with Crippen molar-refractivity contribution in [1.29, 1.82) is 0 Å². The number of nitrogens with zero attached hydrogens (tertiary/aromatic N) is 3. The molecular formula is C9H15N3S. The average molecular weight is 197 g/mol. The van der Waals surface area contributed by atoms with E-state index >= 15 is 0 Å². The van der Waals surface area contributed by atoms with E-state index in [4.69, 9.17) is 0 Å². The number of hydrogen-bond acceptors (Lipinski definition) is 4. The van der Waals surface area contributed by atoms with Crippen LogP contribution in [0, 0.1) is 6.92 Å². The molecule has 1 saturated heterocycles. The van der Waals surface area contributed by atoms with Gasteiger partial charge in [0, 0.05) is 13.1 Å². The van der Waals surface area contributed by atoms with Gasteiger partial charge in [-0.05, 0) is 19.8 Å². The van der Waals surface area contributed by atoms with Gasteiger partial charge in [0.05, 0.1) is 0 Å². The van der Waals surface area contributed by atoms with Gasteiger partial charge in [-0.15, -0.1) is 10.2 Å². The largest absolute Gasteiger partial charge is 0.347 e. The number of rotatable bonds is 1. The second-order valence-electron chi connectivity index (χ2n) is 3.50. The lowest BCUT2D eigenvalue weighted by atomic mass is 10.2. The van der Waals surface area contributed by atoms with Crippen LogP contribution >= 0.6 is 11.3 Å². The third-order valence-electron chi connectivity index (χ3n) is 2.39. The molecule has 0 N–H and O–H groups in total. The summed E-state index contributed by atoms with van der Waals surface area (Å²) in [7, 11) is 0. The van der Waals surface area contributed by atoms with Crippen molar-refractivity contribution in [1.82, 2.24) is 10.2 Å². The average Bonchev–Trinajstić information content (AvgIpc) is 2.43. The molecule has 0 amide bonds. The molecule has 1 aliphatic heterocycles. The van der Waals surface area contributed by atoms with Gasteiger partial charge in [0.25, 0.3) is 0 Å². The van der Waals surface area contributed by atoms with Crippen molar-refractivity contribution in [2.24, 2.45) is 0 Å². The fourth-order valence-electron chi connectivity index (χ4n) is 1.68. The van der Waals surface area contributed by atoms with Crippen LogP contribution in [0.15, 0.2) is 0 Å². The van der Waals surface area contributed by atoms with Crippen molar-refractivity contribution in [2.45, 2.75) is 32.6 Å². The van der Waals surface area contributed by atoms with E-state index < -0.39 is 0 Å². The molecule has 0 aromatic carbocycles. The van der Waals surface area contributed by atoms with E-state index in [1.54, 1.807) is 11.3 Å². The van der Waals surface area contributed by atoms with Gasteiger partial charge >= 0.3 is 0 Å². The highest BCUT2D eigenvalue weighted by molar-refractivity contribution is 7.15. The van der Waals surface area contributed by atoms with Crippen LogP contribution in [-0.2, 0) is 0 Å². The molecule has 1 fully saturated rings. The first-order chi connectivity index (χ1) is 6.36. The number of aromatic nitrogens is 2. The molecule has 1 aromatic heterocycles. The Bertz CT molecular complexity index is 264. The Hall–Kier alpha value is -0.640. The van der Waals surface area contributed by atoms with Crippen molar-refractivity contribution in [3.8, 4) is 0 Å². The molecule has 2 heterocycles. The Labute approximate surface area is 82.8 Å². The van der Waals surface area contributed by atoms with Gasteiger partial charge in [0.1, 0.15) is 5.01 Å². The van der Waals surface area contributed by atoms with Crippen molar-refractivity contribution in [3.63, 3.8) is 0 Å². The zero-order valence-electron chi connectivity index (χ0n) is 7.99. The van der Waals surface area contributed by atoms with E-state index in [1.165, 1.54) is 25.7 Å². The third-order valence-corrected chi connectivity index (χ3v) is 3.29. The van der Waals surface area contributed by atoms with E-state index in [1.807, 2.05) is 6.92 Å². The Balaban J connectivity index is 2.06. The molecule has 0 saturated carbocycles. The van der Waals surface area contributed by atoms with Gasteiger partial charge in [0.2, 0.25) is 5.13 Å². The first-order valence-electron chi connectivity index (χ1n) is 4.91. The van der Waals surface area contributed by atoms with Gasteiger partial charge in [-0.25, -0.2) is 0 Å². The standard InChI is InChI=1S/C9H15N3S/c1-8-10-11-9(13-8)12-6-4-2-3-5-7-12/h2-7H2,1H3. The zero-order valence-corrected chi connectivity index (χ0v) is 8.81. The van der Waals surface area contributed by atoms with Crippen LogP contribution in [0.2, 0.25) is 0 Å². The maximum Gasteiger partial charge on any atom is 0.208 e. The van der Waals surface area contributed by atoms with Crippen molar-refractivity contribution in [2.75, 3.05) is 18.0 Å². The number of aryl methyl sites for hydroxylation is 1. The SMILES string of the molecule is Cc1nnc(N2CCCCCC2)s1. The molecule has 0 aliphatic carbocycles. The lowest BCUT2D eigenvalue weighted by Gasteiger charge is -2.17. The molecule has 4 heteroatoms. The lowest BCUT2D eigenvalue weighted by Crippen LogP contribution is -2.23. The molecule has 0 spiro atoms. The van der Waals surface area contributed by atoms with Gasteiger partial charge in [-0.2, -0.15) is 0 Å². The highest BCUT2D eigenvalue weighted by Gasteiger charge is 2.12. The Kier molecular flexibility index (Phi) is 2.78. The first kappa shape index (κ1) is 8.94. The predicted octanol–water partition coefficient (Wildman–Crippen LogP) is 2.23. The summed E-state index contributed by atoms with van der Waals surface area (Å²) in [6.45, 7) is 4.34. The summed E-state index contributed by atoms with van der Waals surface area (Å²) in [4.78, 5) is 2.37.